The lowest BCUT2D eigenvalue weighted by Crippen LogP contribution is -2.02. The van der Waals surface area contributed by atoms with E-state index in [1.54, 1.807) is 6.08 Å². The standard InChI is InChI=1S/C16H17NO3.C16H19NO2/c1-2-3-9-13-15(16(18)19)14(20-17-13)11-10-12-7-5-4-6-8-12;1-2-3-9-15-14(12-18)16(19-17-15)11-10-13-7-5-4-6-8-13/h4-8,10-11H,2-3,9H2,1H3,(H,18,19);4-8,10-11,18H,2-3,9,12H2,1H3/b2*11-10+. The summed E-state index contributed by atoms with van der Waals surface area (Å²) < 4.78 is 10.5. The molecule has 0 aliphatic carbocycles. The number of aliphatic hydroxyl groups is 1. The number of hydrogen-bond donors (Lipinski definition) is 2. The zero-order valence-electron chi connectivity index (χ0n) is 22.5. The SMILES string of the molecule is CCCCc1noc(/C=C/c2ccccc2)c1C(=O)O.CCCCc1noc(/C=C/c2ccccc2)c1CO. The van der Waals surface area contributed by atoms with Crippen molar-refractivity contribution in [3.8, 4) is 0 Å². The van der Waals surface area contributed by atoms with E-state index in [1.165, 1.54) is 0 Å². The highest BCUT2D eigenvalue weighted by Gasteiger charge is 2.20. The molecule has 2 N–H and O–H groups in total. The van der Waals surface area contributed by atoms with Crippen molar-refractivity contribution in [2.24, 2.45) is 0 Å². The zero-order valence-corrected chi connectivity index (χ0v) is 22.5. The smallest absolute Gasteiger partial charge is 0.341 e. The van der Waals surface area contributed by atoms with Gasteiger partial charge in [-0.3, -0.25) is 0 Å². The molecule has 7 nitrogen and oxygen atoms in total. The summed E-state index contributed by atoms with van der Waals surface area (Å²) in [6, 6.07) is 19.6. The second-order valence-corrected chi connectivity index (χ2v) is 9.00. The van der Waals surface area contributed by atoms with Crippen LogP contribution >= 0.6 is 0 Å². The Morgan fingerprint density at radius 2 is 1.23 bits per heavy atom. The van der Waals surface area contributed by atoms with Crippen LogP contribution < -0.4 is 0 Å². The number of aryl methyl sites for hydroxylation is 2. The summed E-state index contributed by atoms with van der Waals surface area (Å²) >= 11 is 0. The molecule has 0 spiro atoms. The van der Waals surface area contributed by atoms with E-state index < -0.39 is 5.97 Å². The fourth-order valence-electron chi connectivity index (χ4n) is 3.86. The van der Waals surface area contributed by atoms with Gasteiger partial charge in [-0.25, -0.2) is 4.79 Å². The highest BCUT2D eigenvalue weighted by Crippen LogP contribution is 2.20. The number of aliphatic hydroxyl groups excluding tert-OH is 1. The summed E-state index contributed by atoms with van der Waals surface area (Å²) in [5.74, 6) is -0.0463. The molecule has 2 heterocycles. The van der Waals surface area contributed by atoms with Gasteiger partial charge in [-0.2, -0.15) is 0 Å². The third-order valence-electron chi connectivity index (χ3n) is 6.05. The lowest BCUT2D eigenvalue weighted by atomic mass is 10.1. The Labute approximate surface area is 229 Å². The van der Waals surface area contributed by atoms with Gasteiger partial charge in [0.25, 0.3) is 0 Å². The largest absolute Gasteiger partial charge is 0.477 e. The van der Waals surface area contributed by atoms with Crippen LogP contribution in [0.4, 0.5) is 0 Å². The van der Waals surface area contributed by atoms with Crippen molar-refractivity contribution in [1.82, 2.24) is 10.3 Å². The lowest BCUT2D eigenvalue weighted by Gasteiger charge is -1.97. The third kappa shape index (κ3) is 8.93. The molecule has 0 saturated carbocycles. The molecule has 39 heavy (non-hydrogen) atoms. The van der Waals surface area contributed by atoms with Crippen LogP contribution in [-0.2, 0) is 19.4 Å². The molecule has 7 heteroatoms. The van der Waals surface area contributed by atoms with E-state index in [4.69, 9.17) is 9.05 Å². The summed E-state index contributed by atoms with van der Waals surface area (Å²) in [7, 11) is 0. The van der Waals surface area contributed by atoms with Crippen LogP contribution in [0.15, 0.2) is 69.7 Å². The van der Waals surface area contributed by atoms with Crippen molar-refractivity contribution in [2.75, 3.05) is 0 Å². The van der Waals surface area contributed by atoms with Crippen LogP contribution in [0.5, 0.6) is 0 Å². The molecule has 0 unspecified atom stereocenters. The Morgan fingerprint density at radius 1 is 0.744 bits per heavy atom. The van der Waals surface area contributed by atoms with E-state index in [-0.39, 0.29) is 12.2 Å². The first kappa shape index (κ1) is 29.3. The van der Waals surface area contributed by atoms with Crippen molar-refractivity contribution in [3.63, 3.8) is 0 Å². The van der Waals surface area contributed by atoms with Crippen LogP contribution in [0.2, 0.25) is 0 Å². The van der Waals surface area contributed by atoms with E-state index in [2.05, 4.69) is 24.2 Å². The van der Waals surface area contributed by atoms with E-state index in [9.17, 15) is 15.0 Å². The van der Waals surface area contributed by atoms with Gasteiger partial charge in [-0.15, -0.1) is 0 Å². The first-order valence-corrected chi connectivity index (χ1v) is 13.3. The molecule has 0 radical (unpaired) electrons. The summed E-state index contributed by atoms with van der Waals surface area (Å²) in [6.45, 7) is 4.16. The molecular weight excluding hydrogens is 492 g/mol. The predicted molar refractivity (Wildman–Crippen MR) is 154 cm³/mol. The summed E-state index contributed by atoms with van der Waals surface area (Å²) in [6.07, 6.45) is 12.8. The Kier molecular flexibility index (Phi) is 12.0. The monoisotopic (exact) mass is 528 g/mol. The number of aromatic carboxylic acids is 1. The van der Waals surface area contributed by atoms with Gasteiger partial charge < -0.3 is 19.3 Å². The maximum absolute atomic E-state index is 11.3. The molecule has 0 amide bonds. The number of carbonyl (C=O) groups is 1. The van der Waals surface area contributed by atoms with Crippen molar-refractivity contribution in [1.29, 1.82) is 0 Å². The van der Waals surface area contributed by atoms with Gasteiger partial charge in [0.1, 0.15) is 5.56 Å². The van der Waals surface area contributed by atoms with Gasteiger partial charge in [0, 0.05) is 5.56 Å². The first-order chi connectivity index (χ1) is 19.1. The minimum Gasteiger partial charge on any atom is -0.477 e. The molecule has 0 atom stereocenters. The number of hydrogen-bond acceptors (Lipinski definition) is 6. The number of aromatic nitrogens is 2. The molecule has 0 aliphatic heterocycles. The van der Waals surface area contributed by atoms with Crippen molar-refractivity contribution < 1.29 is 24.1 Å². The molecule has 0 fully saturated rings. The molecule has 2 aromatic heterocycles. The number of carboxylic acids is 1. The Bertz CT molecular complexity index is 1340. The van der Waals surface area contributed by atoms with Crippen LogP contribution in [0.1, 0.15) is 89.5 Å². The van der Waals surface area contributed by atoms with E-state index in [0.29, 0.717) is 23.6 Å². The van der Waals surface area contributed by atoms with Gasteiger partial charge in [0.05, 0.1) is 18.0 Å². The fourth-order valence-corrected chi connectivity index (χ4v) is 3.86. The first-order valence-electron chi connectivity index (χ1n) is 13.3. The van der Waals surface area contributed by atoms with Gasteiger partial charge in [0.2, 0.25) is 0 Å². The van der Waals surface area contributed by atoms with Crippen molar-refractivity contribution >= 4 is 30.3 Å². The second-order valence-electron chi connectivity index (χ2n) is 9.00. The van der Waals surface area contributed by atoms with Crippen molar-refractivity contribution in [2.45, 2.75) is 59.0 Å². The number of carboxylic acid groups (broad SMARTS) is 1. The predicted octanol–water partition coefficient (Wildman–Crippen LogP) is 7.57. The van der Waals surface area contributed by atoms with Gasteiger partial charge in [-0.05, 0) is 49.0 Å². The Morgan fingerprint density at radius 3 is 1.74 bits per heavy atom. The minimum absolute atomic E-state index is 0.0307. The normalized spacial score (nSPS) is 11.2. The minimum atomic E-state index is -0.995. The highest BCUT2D eigenvalue weighted by molar-refractivity contribution is 5.93. The van der Waals surface area contributed by atoms with Crippen LogP contribution in [0.3, 0.4) is 0 Å². The van der Waals surface area contributed by atoms with Gasteiger partial charge in [-0.1, -0.05) is 110 Å². The molecule has 0 bridgehead atoms. The number of rotatable bonds is 12. The van der Waals surface area contributed by atoms with E-state index in [1.807, 2.05) is 78.9 Å². The molecular formula is C32H36N2O5. The van der Waals surface area contributed by atoms with Gasteiger partial charge >= 0.3 is 5.97 Å². The molecule has 0 saturated heterocycles. The second kappa shape index (κ2) is 15.9. The zero-order chi connectivity index (χ0) is 27.9. The third-order valence-corrected chi connectivity index (χ3v) is 6.05. The van der Waals surface area contributed by atoms with Crippen molar-refractivity contribution in [3.05, 3.63) is 106 Å². The maximum Gasteiger partial charge on any atom is 0.341 e. The quantitative estimate of drug-likeness (QED) is 0.195. The van der Waals surface area contributed by atoms with Crippen LogP contribution in [0.25, 0.3) is 24.3 Å². The van der Waals surface area contributed by atoms with E-state index >= 15 is 0 Å². The number of nitrogens with zero attached hydrogens (tertiary/aromatic N) is 2. The average Bonchev–Trinajstić information content (AvgIpc) is 3.57. The summed E-state index contributed by atoms with van der Waals surface area (Å²) in [4.78, 5) is 11.3. The fraction of sp³-hybridized carbons (Fsp3) is 0.281. The Hall–Kier alpha value is -4.23. The Balaban J connectivity index is 0.000000216. The number of unbranched alkanes of at least 4 members (excludes halogenated alkanes) is 2. The number of benzene rings is 2. The van der Waals surface area contributed by atoms with Crippen LogP contribution in [0, 0.1) is 0 Å². The topological polar surface area (TPSA) is 110 Å². The summed E-state index contributed by atoms with van der Waals surface area (Å²) in [5.41, 5.74) is 4.45. The summed E-state index contributed by atoms with van der Waals surface area (Å²) in [5, 5.41) is 26.7. The molecule has 4 aromatic rings. The molecule has 0 aliphatic rings. The van der Waals surface area contributed by atoms with Gasteiger partial charge in [0.15, 0.2) is 11.5 Å². The average molecular weight is 529 g/mol. The van der Waals surface area contributed by atoms with Crippen LogP contribution in [-0.4, -0.2) is 26.5 Å². The van der Waals surface area contributed by atoms with E-state index in [0.717, 1.165) is 54.5 Å². The molecule has 2 aromatic carbocycles. The molecule has 204 valence electrons. The maximum atomic E-state index is 11.3. The lowest BCUT2D eigenvalue weighted by molar-refractivity contribution is 0.0694. The molecule has 4 rings (SSSR count). The highest BCUT2D eigenvalue weighted by atomic mass is 16.5.